The number of nitro benzene ring substituents is 1. The summed E-state index contributed by atoms with van der Waals surface area (Å²) in [4.78, 5) is 27.6. The Morgan fingerprint density at radius 2 is 2.00 bits per heavy atom. The molecule has 1 aliphatic heterocycles. The normalized spacial score (nSPS) is 16.3. The fourth-order valence-corrected chi connectivity index (χ4v) is 3.87. The summed E-state index contributed by atoms with van der Waals surface area (Å²) in [7, 11) is 0. The standard InChI is InChI=1S/C21H14ClN3O4S/c1-12-10-13(25(27)28)6-8-15(12)18-9-7-14(29-18)11-19-20(26)24-21(30-19)23-17-5-3-2-4-16(17)22/h2-11H,1H3,(H,23,24,26)/b19-11-. The maximum Gasteiger partial charge on any atom is 0.269 e. The minimum Gasteiger partial charge on any atom is -0.457 e. The van der Waals surface area contributed by atoms with Gasteiger partial charge in [0.2, 0.25) is 0 Å². The van der Waals surface area contributed by atoms with Crippen LogP contribution in [-0.2, 0) is 4.79 Å². The van der Waals surface area contributed by atoms with Crippen molar-refractivity contribution in [1.29, 1.82) is 0 Å². The molecule has 1 aliphatic rings. The molecule has 0 aliphatic carbocycles. The number of nitrogens with one attached hydrogen (secondary N) is 1. The van der Waals surface area contributed by atoms with Gasteiger partial charge in [0.15, 0.2) is 5.17 Å². The lowest BCUT2D eigenvalue weighted by Crippen LogP contribution is -2.19. The maximum atomic E-state index is 12.3. The van der Waals surface area contributed by atoms with Gasteiger partial charge >= 0.3 is 0 Å². The van der Waals surface area contributed by atoms with Crippen LogP contribution in [0.4, 0.5) is 11.4 Å². The Morgan fingerprint density at radius 3 is 2.73 bits per heavy atom. The molecule has 150 valence electrons. The van der Waals surface area contributed by atoms with Crippen molar-refractivity contribution in [3.63, 3.8) is 0 Å². The van der Waals surface area contributed by atoms with E-state index in [-0.39, 0.29) is 11.6 Å². The number of rotatable bonds is 4. The number of furan rings is 1. The monoisotopic (exact) mass is 439 g/mol. The van der Waals surface area contributed by atoms with E-state index in [0.717, 1.165) is 11.1 Å². The van der Waals surface area contributed by atoms with E-state index in [1.165, 1.54) is 23.9 Å². The Balaban J connectivity index is 1.57. The second-order valence-corrected chi connectivity index (χ2v) is 7.83. The van der Waals surface area contributed by atoms with Crippen molar-refractivity contribution in [2.45, 2.75) is 6.92 Å². The molecule has 30 heavy (non-hydrogen) atoms. The summed E-state index contributed by atoms with van der Waals surface area (Å²) in [5.74, 6) is 0.761. The maximum absolute atomic E-state index is 12.3. The number of nitrogens with zero attached hydrogens (tertiary/aromatic N) is 2. The second kappa shape index (κ2) is 8.17. The van der Waals surface area contributed by atoms with Crippen LogP contribution in [0, 0.1) is 17.0 Å². The summed E-state index contributed by atoms with van der Waals surface area (Å²) in [6.45, 7) is 1.78. The molecule has 7 nitrogen and oxygen atoms in total. The van der Waals surface area contributed by atoms with Crippen LogP contribution < -0.4 is 5.32 Å². The molecule has 2 heterocycles. The van der Waals surface area contributed by atoms with E-state index in [9.17, 15) is 14.9 Å². The van der Waals surface area contributed by atoms with E-state index in [2.05, 4.69) is 10.3 Å². The third kappa shape index (κ3) is 4.14. The predicted molar refractivity (Wildman–Crippen MR) is 118 cm³/mol. The summed E-state index contributed by atoms with van der Waals surface area (Å²) in [6, 6.07) is 15.2. The Hall–Kier alpha value is -3.36. The Morgan fingerprint density at radius 1 is 1.20 bits per heavy atom. The van der Waals surface area contributed by atoms with Gasteiger partial charge in [0.25, 0.3) is 11.6 Å². The summed E-state index contributed by atoms with van der Waals surface area (Å²) in [5.41, 5.74) is 2.06. The fourth-order valence-electron chi connectivity index (χ4n) is 2.87. The van der Waals surface area contributed by atoms with Crippen LogP contribution in [0.25, 0.3) is 17.4 Å². The molecular weight excluding hydrogens is 426 g/mol. The van der Waals surface area contributed by atoms with Crippen molar-refractivity contribution in [2.24, 2.45) is 4.99 Å². The molecule has 0 saturated carbocycles. The highest BCUT2D eigenvalue weighted by molar-refractivity contribution is 8.18. The number of carbonyl (C=O) groups is 1. The van der Waals surface area contributed by atoms with Gasteiger partial charge in [-0.05, 0) is 54.6 Å². The molecule has 1 amide bonds. The van der Waals surface area contributed by atoms with Gasteiger partial charge in [0, 0.05) is 23.8 Å². The Kier molecular flexibility index (Phi) is 5.43. The molecule has 4 rings (SSSR count). The van der Waals surface area contributed by atoms with E-state index in [4.69, 9.17) is 16.0 Å². The second-order valence-electron chi connectivity index (χ2n) is 6.39. The van der Waals surface area contributed by atoms with Crippen molar-refractivity contribution < 1.29 is 14.1 Å². The number of hydrogen-bond donors (Lipinski definition) is 1. The summed E-state index contributed by atoms with van der Waals surface area (Å²) in [6.07, 6.45) is 1.62. The largest absolute Gasteiger partial charge is 0.457 e. The van der Waals surface area contributed by atoms with E-state index in [1.807, 2.05) is 6.07 Å². The SMILES string of the molecule is Cc1cc([N+](=O)[O-])ccc1-c1ccc(/C=C2\SC(=Nc3ccccc3Cl)NC2=O)o1. The van der Waals surface area contributed by atoms with Crippen molar-refractivity contribution in [3.05, 3.63) is 86.0 Å². The minimum atomic E-state index is -0.438. The smallest absolute Gasteiger partial charge is 0.269 e. The Labute approximate surface area is 180 Å². The first-order valence-corrected chi connectivity index (χ1v) is 9.99. The topological polar surface area (TPSA) is 97.7 Å². The van der Waals surface area contributed by atoms with Crippen LogP contribution in [0.5, 0.6) is 0 Å². The van der Waals surface area contributed by atoms with Gasteiger partial charge in [-0.2, -0.15) is 0 Å². The average molecular weight is 440 g/mol. The quantitative estimate of drug-likeness (QED) is 0.319. The molecule has 0 radical (unpaired) electrons. The lowest BCUT2D eigenvalue weighted by Gasteiger charge is -2.02. The summed E-state index contributed by atoms with van der Waals surface area (Å²) < 4.78 is 5.83. The molecule has 9 heteroatoms. The van der Waals surface area contributed by atoms with Crippen molar-refractivity contribution in [1.82, 2.24) is 5.32 Å². The molecule has 0 bridgehead atoms. The zero-order valence-electron chi connectivity index (χ0n) is 15.6. The van der Waals surface area contributed by atoms with Gasteiger partial charge in [0.05, 0.1) is 20.5 Å². The molecule has 0 spiro atoms. The summed E-state index contributed by atoms with van der Waals surface area (Å²) >= 11 is 7.30. The van der Waals surface area contributed by atoms with Crippen LogP contribution in [0.3, 0.4) is 0 Å². The van der Waals surface area contributed by atoms with Gasteiger partial charge in [-0.15, -0.1) is 0 Å². The lowest BCUT2D eigenvalue weighted by atomic mass is 10.1. The van der Waals surface area contributed by atoms with Crippen molar-refractivity contribution in [3.8, 4) is 11.3 Å². The molecule has 0 unspecified atom stereocenters. The van der Waals surface area contributed by atoms with Gasteiger partial charge < -0.3 is 9.73 Å². The predicted octanol–water partition coefficient (Wildman–Crippen LogP) is 5.71. The number of halogens is 1. The molecular formula is C21H14ClN3O4S. The average Bonchev–Trinajstić information content (AvgIpc) is 3.30. The Bertz CT molecular complexity index is 1230. The fraction of sp³-hybridized carbons (Fsp3) is 0.0476. The van der Waals surface area contributed by atoms with E-state index >= 15 is 0 Å². The molecule has 1 N–H and O–H groups in total. The highest BCUT2D eigenvalue weighted by Crippen LogP contribution is 2.33. The zero-order valence-corrected chi connectivity index (χ0v) is 17.2. The van der Waals surface area contributed by atoms with Crippen LogP contribution in [0.1, 0.15) is 11.3 Å². The van der Waals surface area contributed by atoms with Gasteiger partial charge in [-0.3, -0.25) is 14.9 Å². The molecule has 1 saturated heterocycles. The number of non-ortho nitro benzene ring substituents is 1. The number of amides is 1. The number of para-hydroxylation sites is 1. The van der Waals surface area contributed by atoms with Gasteiger partial charge in [0.1, 0.15) is 11.5 Å². The number of nitro groups is 1. The number of hydrogen-bond acceptors (Lipinski definition) is 6. The van der Waals surface area contributed by atoms with Gasteiger partial charge in [-0.25, -0.2) is 4.99 Å². The first-order valence-electron chi connectivity index (χ1n) is 8.80. The van der Waals surface area contributed by atoms with Crippen LogP contribution >= 0.6 is 23.4 Å². The zero-order chi connectivity index (χ0) is 21.3. The number of aryl methyl sites for hydroxylation is 1. The third-order valence-corrected chi connectivity index (χ3v) is 5.54. The van der Waals surface area contributed by atoms with Crippen LogP contribution in [0.15, 0.2) is 68.9 Å². The van der Waals surface area contributed by atoms with E-state index in [0.29, 0.717) is 32.3 Å². The minimum absolute atomic E-state index is 0.0227. The van der Waals surface area contributed by atoms with Crippen LogP contribution in [-0.4, -0.2) is 16.0 Å². The highest BCUT2D eigenvalue weighted by atomic mass is 35.5. The molecule has 1 fully saturated rings. The molecule has 1 aromatic heterocycles. The molecule has 3 aromatic rings. The van der Waals surface area contributed by atoms with Crippen molar-refractivity contribution >= 4 is 51.9 Å². The lowest BCUT2D eigenvalue weighted by molar-refractivity contribution is -0.384. The third-order valence-electron chi connectivity index (χ3n) is 4.31. The molecule has 0 atom stereocenters. The van der Waals surface area contributed by atoms with Crippen LogP contribution in [0.2, 0.25) is 5.02 Å². The van der Waals surface area contributed by atoms with E-state index < -0.39 is 4.92 Å². The number of aliphatic imine (C=N–C) groups is 1. The summed E-state index contributed by atoms with van der Waals surface area (Å²) in [5, 5.41) is 14.5. The number of thioether (sulfide) groups is 1. The highest BCUT2D eigenvalue weighted by Gasteiger charge is 2.24. The van der Waals surface area contributed by atoms with Gasteiger partial charge in [-0.1, -0.05) is 23.7 Å². The first-order chi connectivity index (χ1) is 14.4. The first kappa shape index (κ1) is 19.9. The van der Waals surface area contributed by atoms with Crippen molar-refractivity contribution in [2.75, 3.05) is 0 Å². The number of amidine groups is 1. The number of carbonyl (C=O) groups excluding carboxylic acids is 1. The number of benzene rings is 2. The van der Waals surface area contributed by atoms with E-state index in [1.54, 1.807) is 49.4 Å². The molecule has 2 aromatic carbocycles.